The van der Waals surface area contributed by atoms with Crippen LogP contribution in [0.1, 0.15) is 6.42 Å². The van der Waals surface area contributed by atoms with Crippen molar-refractivity contribution in [1.82, 2.24) is 14.7 Å². The minimum absolute atomic E-state index is 0.0990. The van der Waals surface area contributed by atoms with Crippen molar-refractivity contribution >= 4 is 27.5 Å². The predicted octanol–water partition coefficient (Wildman–Crippen LogP) is -2.01. The zero-order chi connectivity index (χ0) is 18.7. The van der Waals surface area contributed by atoms with E-state index in [1.807, 2.05) is 4.90 Å². The summed E-state index contributed by atoms with van der Waals surface area (Å²) < 4.78 is 35.0. The Balaban J connectivity index is 1.67. The molecule has 0 amide bonds. The van der Waals surface area contributed by atoms with Crippen LogP contribution in [-0.2, 0) is 19.7 Å². The summed E-state index contributed by atoms with van der Waals surface area (Å²) in [4.78, 5) is 10.4. The van der Waals surface area contributed by atoms with E-state index >= 15 is 0 Å². The van der Waals surface area contributed by atoms with Crippen molar-refractivity contribution in [2.45, 2.75) is 24.9 Å². The summed E-state index contributed by atoms with van der Waals surface area (Å²) in [5, 5.41) is 21.5. The first-order valence-corrected chi connectivity index (χ1v) is 9.63. The molecule has 0 saturated carbocycles. The second-order valence-corrected chi connectivity index (χ2v) is 7.35. The Morgan fingerprint density at radius 3 is 3.08 bits per heavy atom. The van der Waals surface area contributed by atoms with Gasteiger partial charge in [0.2, 0.25) is 0 Å². The molecule has 3 heterocycles. The van der Waals surface area contributed by atoms with E-state index in [0.29, 0.717) is 37.9 Å². The molecule has 2 aliphatic rings. The quantitative estimate of drug-likeness (QED) is 0.314. The number of fused-ring (bicyclic) bond motifs is 1. The Morgan fingerprint density at radius 2 is 2.35 bits per heavy atom. The molecule has 1 aromatic heterocycles. The Bertz CT molecular complexity index is 734. The Labute approximate surface area is 151 Å². The first kappa shape index (κ1) is 19.0. The number of hydrogen-bond acceptors (Lipinski definition) is 10. The maximum atomic E-state index is 11.0. The van der Waals surface area contributed by atoms with Crippen molar-refractivity contribution in [3.05, 3.63) is 6.33 Å². The van der Waals surface area contributed by atoms with Crippen LogP contribution in [0.4, 0.5) is 17.3 Å². The summed E-state index contributed by atoms with van der Waals surface area (Å²) in [5.41, 5.74) is 0.743. The summed E-state index contributed by atoms with van der Waals surface area (Å²) in [6.07, 6.45) is -0.204. The second kappa shape index (κ2) is 7.85. The standard InChI is InChI=1S/C13H23N7O5S/c1-24-3-2-15-12-11-13(17-6-16-12)20(7-18-11)10-4-8(21)9(25-10)5-19-26(14,22)23/h6,8-10,18-19,21H,2-5,7H2,1H3,(H2,14,22,23)(H,15,16,17)/t8-,9+,10+/m0/s1. The van der Waals surface area contributed by atoms with E-state index in [1.54, 1.807) is 7.11 Å². The number of anilines is 3. The molecule has 0 spiro atoms. The molecule has 0 aliphatic carbocycles. The molecule has 146 valence electrons. The number of rotatable bonds is 8. The highest BCUT2D eigenvalue weighted by Gasteiger charge is 2.40. The van der Waals surface area contributed by atoms with E-state index < -0.39 is 28.6 Å². The molecule has 0 radical (unpaired) electrons. The fourth-order valence-corrected chi connectivity index (χ4v) is 3.33. The van der Waals surface area contributed by atoms with Crippen LogP contribution < -0.4 is 25.4 Å². The third-order valence-corrected chi connectivity index (χ3v) is 4.73. The van der Waals surface area contributed by atoms with E-state index in [4.69, 9.17) is 14.6 Å². The molecule has 12 nitrogen and oxygen atoms in total. The van der Waals surface area contributed by atoms with E-state index in [1.165, 1.54) is 6.33 Å². The van der Waals surface area contributed by atoms with E-state index in [0.717, 1.165) is 5.69 Å². The van der Waals surface area contributed by atoms with Gasteiger partial charge in [0.25, 0.3) is 10.2 Å². The summed E-state index contributed by atoms with van der Waals surface area (Å²) in [7, 11) is -2.22. The summed E-state index contributed by atoms with van der Waals surface area (Å²) in [5.74, 6) is 1.30. The average Bonchev–Trinajstić information content (AvgIpc) is 3.16. The van der Waals surface area contributed by atoms with Gasteiger partial charge in [-0.1, -0.05) is 0 Å². The molecule has 6 N–H and O–H groups in total. The Hall–Kier alpha value is -1.77. The number of nitrogens with one attached hydrogen (secondary N) is 3. The van der Waals surface area contributed by atoms with Gasteiger partial charge in [0, 0.05) is 26.6 Å². The maximum Gasteiger partial charge on any atom is 0.274 e. The number of ether oxygens (including phenoxy) is 2. The van der Waals surface area contributed by atoms with Crippen molar-refractivity contribution in [3.63, 3.8) is 0 Å². The highest BCUT2D eigenvalue weighted by Crippen LogP contribution is 2.38. The van der Waals surface area contributed by atoms with Crippen molar-refractivity contribution in [1.29, 1.82) is 0 Å². The van der Waals surface area contributed by atoms with Crippen LogP contribution in [-0.4, -0.2) is 75.4 Å². The van der Waals surface area contributed by atoms with Crippen molar-refractivity contribution in [2.24, 2.45) is 5.14 Å². The minimum Gasteiger partial charge on any atom is -0.390 e. The number of aliphatic hydroxyl groups is 1. The molecule has 0 aromatic carbocycles. The van der Waals surface area contributed by atoms with Crippen molar-refractivity contribution < 1.29 is 23.0 Å². The average molecular weight is 389 g/mol. The lowest BCUT2D eigenvalue weighted by Crippen LogP contribution is -2.41. The first-order chi connectivity index (χ1) is 12.4. The van der Waals surface area contributed by atoms with Crippen LogP contribution in [0.3, 0.4) is 0 Å². The van der Waals surface area contributed by atoms with Crippen LogP contribution in [0.15, 0.2) is 6.33 Å². The normalized spacial score (nSPS) is 25.2. The molecule has 1 aromatic rings. The lowest BCUT2D eigenvalue weighted by molar-refractivity contribution is 0.0138. The molecular formula is C13H23N7O5S. The second-order valence-electron chi connectivity index (χ2n) is 5.97. The van der Waals surface area contributed by atoms with Crippen LogP contribution in [0.5, 0.6) is 0 Å². The number of aliphatic hydroxyl groups excluding tert-OH is 1. The van der Waals surface area contributed by atoms with Gasteiger partial charge in [-0.15, -0.1) is 0 Å². The number of hydrogen-bond donors (Lipinski definition) is 5. The molecule has 13 heteroatoms. The van der Waals surface area contributed by atoms with Gasteiger partial charge in [0.15, 0.2) is 11.6 Å². The Morgan fingerprint density at radius 1 is 1.54 bits per heavy atom. The molecule has 2 aliphatic heterocycles. The zero-order valence-corrected chi connectivity index (χ0v) is 15.1. The van der Waals surface area contributed by atoms with Gasteiger partial charge in [-0.25, -0.2) is 15.1 Å². The van der Waals surface area contributed by atoms with Crippen LogP contribution in [0.25, 0.3) is 0 Å². The SMILES string of the molecule is COCCNc1ncnc2c1NCN2[C@H]1C[C@H](O)[C@@H](CNS(N)(=O)=O)O1. The number of methoxy groups -OCH3 is 1. The van der Waals surface area contributed by atoms with Crippen LogP contribution in [0.2, 0.25) is 0 Å². The van der Waals surface area contributed by atoms with Gasteiger partial charge in [-0.2, -0.15) is 13.1 Å². The fourth-order valence-electron chi connectivity index (χ4n) is 2.93. The van der Waals surface area contributed by atoms with Crippen LogP contribution in [0, 0.1) is 0 Å². The fraction of sp³-hybridized carbons (Fsp3) is 0.692. The van der Waals surface area contributed by atoms with Gasteiger partial charge < -0.3 is 30.1 Å². The van der Waals surface area contributed by atoms with E-state index in [-0.39, 0.29) is 6.54 Å². The lowest BCUT2D eigenvalue weighted by Gasteiger charge is -2.24. The lowest BCUT2D eigenvalue weighted by atomic mass is 10.2. The van der Waals surface area contributed by atoms with Crippen LogP contribution >= 0.6 is 0 Å². The number of nitrogens with two attached hydrogens (primary N) is 1. The van der Waals surface area contributed by atoms with Gasteiger partial charge >= 0.3 is 0 Å². The summed E-state index contributed by atoms with van der Waals surface area (Å²) in [6.45, 7) is 1.47. The summed E-state index contributed by atoms with van der Waals surface area (Å²) >= 11 is 0. The third kappa shape index (κ3) is 4.31. The van der Waals surface area contributed by atoms with E-state index in [2.05, 4.69) is 25.3 Å². The molecule has 3 atom stereocenters. The molecule has 1 fully saturated rings. The van der Waals surface area contributed by atoms with Gasteiger partial charge in [-0.05, 0) is 0 Å². The minimum atomic E-state index is -3.84. The zero-order valence-electron chi connectivity index (χ0n) is 14.3. The molecule has 1 saturated heterocycles. The predicted molar refractivity (Wildman–Crippen MR) is 93.8 cm³/mol. The third-order valence-electron chi connectivity index (χ3n) is 4.16. The highest BCUT2D eigenvalue weighted by molar-refractivity contribution is 7.87. The van der Waals surface area contributed by atoms with E-state index in [9.17, 15) is 13.5 Å². The van der Waals surface area contributed by atoms with Gasteiger partial charge in [-0.3, -0.25) is 0 Å². The molecule has 26 heavy (non-hydrogen) atoms. The first-order valence-electron chi connectivity index (χ1n) is 8.08. The van der Waals surface area contributed by atoms with Gasteiger partial charge in [0.05, 0.1) is 25.5 Å². The molecule has 0 unspecified atom stereocenters. The number of nitrogens with zero attached hydrogens (tertiary/aromatic N) is 3. The van der Waals surface area contributed by atoms with Crippen molar-refractivity contribution in [3.8, 4) is 0 Å². The summed E-state index contributed by atoms with van der Waals surface area (Å²) in [6, 6.07) is 0. The Kier molecular flexibility index (Phi) is 5.74. The topological polar surface area (TPSA) is 164 Å². The largest absolute Gasteiger partial charge is 0.390 e. The van der Waals surface area contributed by atoms with Gasteiger partial charge in [0.1, 0.15) is 18.2 Å². The smallest absolute Gasteiger partial charge is 0.274 e. The molecular weight excluding hydrogens is 366 g/mol. The highest BCUT2D eigenvalue weighted by atomic mass is 32.2. The number of aromatic nitrogens is 2. The molecule has 0 bridgehead atoms. The van der Waals surface area contributed by atoms with Crippen molar-refractivity contribution in [2.75, 3.05) is 49.0 Å². The maximum absolute atomic E-state index is 11.0. The monoisotopic (exact) mass is 389 g/mol. The molecule has 3 rings (SSSR count).